The van der Waals surface area contributed by atoms with Gasteiger partial charge >= 0.3 is 0 Å². The van der Waals surface area contributed by atoms with Gasteiger partial charge < -0.3 is 14.6 Å². The molecule has 0 bridgehead atoms. The summed E-state index contributed by atoms with van der Waals surface area (Å²) in [6.45, 7) is 2.65. The van der Waals surface area contributed by atoms with Gasteiger partial charge in [-0.1, -0.05) is 42.1 Å². The van der Waals surface area contributed by atoms with Crippen molar-refractivity contribution in [3.05, 3.63) is 65.9 Å². The number of hydrogen-bond donors (Lipinski definition) is 1. The Balaban J connectivity index is 1.31. The number of carbonyl (C=O) groups is 1. The molecule has 0 radical (unpaired) electrons. The lowest BCUT2D eigenvalue weighted by atomic mass is 10.1. The zero-order valence-corrected chi connectivity index (χ0v) is 19.6. The van der Waals surface area contributed by atoms with E-state index < -0.39 is 10.0 Å². The number of fused-ring (bicyclic) bond motifs is 1. The SMILES string of the molecule is O=C(NCc1c(-c2ccccc2)nc2n1CCS2)c1ccc(S(=O)(=O)N2CCOCC2)cc1. The fourth-order valence-electron chi connectivity index (χ4n) is 4.02. The number of nitrogens with one attached hydrogen (secondary N) is 1. The van der Waals surface area contributed by atoms with E-state index in [0.717, 1.165) is 34.4 Å². The molecule has 2 aromatic carbocycles. The van der Waals surface area contributed by atoms with E-state index in [1.165, 1.54) is 16.4 Å². The van der Waals surface area contributed by atoms with Gasteiger partial charge in [0.1, 0.15) is 0 Å². The van der Waals surface area contributed by atoms with Crippen molar-refractivity contribution in [3.63, 3.8) is 0 Å². The standard InChI is InChI=1S/C23H24N4O4S2/c28-22(18-6-8-19(9-7-18)33(29,30)26-10-13-31-14-11-26)24-16-20-21(17-4-2-1-3-5-17)25-23-27(20)12-15-32-23/h1-9H,10-16H2,(H,24,28). The summed E-state index contributed by atoms with van der Waals surface area (Å²) in [5.41, 5.74) is 3.28. The Morgan fingerprint density at radius 2 is 1.76 bits per heavy atom. The quantitative estimate of drug-likeness (QED) is 0.578. The monoisotopic (exact) mass is 484 g/mol. The Bertz CT molecular complexity index is 1250. The van der Waals surface area contributed by atoms with E-state index in [2.05, 4.69) is 9.88 Å². The number of morpholine rings is 1. The fraction of sp³-hybridized carbons (Fsp3) is 0.304. The highest BCUT2D eigenvalue weighted by atomic mass is 32.2. The molecule has 2 aliphatic heterocycles. The smallest absolute Gasteiger partial charge is 0.251 e. The van der Waals surface area contributed by atoms with Crippen LogP contribution in [0.25, 0.3) is 11.3 Å². The van der Waals surface area contributed by atoms with Gasteiger partial charge in [-0.15, -0.1) is 0 Å². The first-order valence-corrected chi connectivity index (χ1v) is 13.2. The van der Waals surface area contributed by atoms with Crippen molar-refractivity contribution in [2.45, 2.75) is 23.1 Å². The predicted octanol–water partition coefficient (Wildman–Crippen LogP) is 2.61. The topological polar surface area (TPSA) is 93.5 Å². The van der Waals surface area contributed by atoms with Gasteiger partial charge in [0.25, 0.3) is 5.91 Å². The predicted molar refractivity (Wildman–Crippen MR) is 126 cm³/mol. The maximum atomic E-state index is 12.8. The van der Waals surface area contributed by atoms with E-state index >= 15 is 0 Å². The number of thioether (sulfide) groups is 1. The summed E-state index contributed by atoms with van der Waals surface area (Å²) in [7, 11) is -3.59. The first-order valence-electron chi connectivity index (χ1n) is 10.8. The Kier molecular flexibility index (Phi) is 6.24. The van der Waals surface area contributed by atoms with E-state index in [1.807, 2.05) is 30.3 Å². The molecular formula is C23H24N4O4S2. The van der Waals surface area contributed by atoms with Crippen molar-refractivity contribution in [3.8, 4) is 11.3 Å². The largest absolute Gasteiger partial charge is 0.379 e. The molecule has 3 aromatic rings. The number of benzene rings is 2. The first-order chi connectivity index (χ1) is 16.0. The number of aromatic nitrogens is 2. The third-order valence-corrected chi connectivity index (χ3v) is 8.64. The van der Waals surface area contributed by atoms with Gasteiger partial charge in [-0.05, 0) is 24.3 Å². The molecule has 33 heavy (non-hydrogen) atoms. The highest BCUT2D eigenvalue weighted by Gasteiger charge is 2.27. The van der Waals surface area contributed by atoms with Crippen molar-refractivity contribution in [1.29, 1.82) is 0 Å². The molecule has 1 saturated heterocycles. The van der Waals surface area contributed by atoms with Crippen LogP contribution in [0.2, 0.25) is 0 Å². The number of sulfonamides is 1. The molecule has 0 spiro atoms. The van der Waals surface area contributed by atoms with Crippen LogP contribution in [0.4, 0.5) is 0 Å². The Morgan fingerprint density at radius 3 is 2.48 bits per heavy atom. The van der Waals surface area contributed by atoms with Crippen LogP contribution in [0.15, 0.2) is 64.6 Å². The molecule has 0 saturated carbocycles. The second-order valence-electron chi connectivity index (χ2n) is 7.78. The molecule has 1 aromatic heterocycles. The lowest BCUT2D eigenvalue weighted by Crippen LogP contribution is -2.40. The zero-order chi connectivity index (χ0) is 22.8. The second kappa shape index (κ2) is 9.30. The van der Waals surface area contributed by atoms with Gasteiger partial charge in [-0.3, -0.25) is 4.79 Å². The molecule has 0 atom stereocenters. The Hall–Kier alpha value is -2.66. The van der Waals surface area contributed by atoms with Gasteiger partial charge in [0.15, 0.2) is 5.16 Å². The van der Waals surface area contributed by atoms with Crippen LogP contribution < -0.4 is 5.32 Å². The number of hydrogen-bond acceptors (Lipinski definition) is 6. The maximum Gasteiger partial charge on any atom is 0.251 e. The van der Waals surface area contributed by atoms with E-state index in [4.69, 9.17) is 9.72 Å². The molecule has 10 heteroatoms. The lowest BCUT2D eigenvalue weighted by Gasteiger charge is -2.26. The Morgan fingerprint density at radius 1 is 1.03 bits per heavy atom. The molecule has 1 fully saturated rings. The average molecular weight is 485 g/mol. The van der Waals surface area contributed by atoms with Gasteiger partial charge in [0, 0.05) is 36.5 Å². The van der Waals surface area contributed by atoms with Crippen LogP contribution >= 0.6 is 11.8 Å². The molecule has 1 amide bonds. The molecule has 0 unspecified atom stereocenters. The van der Waals surface area contributed by atoms with Crippen LogP contribution in [-0.2, 0) is 27.8 Å². The molecule has 8 nitrogen and oxygen atoms in total. The van der Waals surface area contributed by atoms with Gasteiger partial charge in [0.05, 0.1) is 36.0 Å². The molecule has 2 aliphatic rings. The molecule has 0 aliphatic carbocycles. The minimum atomic E-state index is -3.59. The lowest BCUT2D eigenvalue weighted by molar-refractivity contribution is 0.0730. The molecule has 1 N–H and O–H groups in total. The summed E-state index contributed by atoms with van der Waals surface area (Å²) in [4.78, 5) is 17.8. The van der Waals surface area contributed by atoms with Crippen LogP contribution in [0.3, 0.4) is 0 Å². The van der Waals surface area contributed by atoms with Crippen LogP contribution in [-0.4, -0.2) is 60.2 Å². The highest BCUT2D eigenvalue weighted by Crippen LogP contribution is 2.33. The third-order valence-electron chi connectivity index (χ3n) is 5.77. The highest BCUT2D eigenvalue weighted by molar-refractivity contribution is 7.99. The summed E-state index contributed by atoms with van der Waals surface area (Å²) < 4.78 is 34.4. The van der Waals surface area contributed by atoms with Gasteiger partial charge in [-0.2, -0.15) is 4.31 Å². The van der Waals surface area contributed by atoms with Crippen molar-refractivity contribution >= 4 is 27.7 Å². The van der Waals surface area contributed by atoms with Crippen LogP contribution in [0, 0.1) is 0 Å². The zero-order valence-electron chi connectivity index (χ0n) is 17.9. The number of imidazole rings is 1. The second-order valence-corrected chi connectivity index (χ2v) is 10.8. The molecule has 172 valence electrons. The third kappa shape index (κ3) is 4.43. The van der Waals surface area contributed by atoms with Crippen molar-refractivity contribution in [1.82, 2.24) is 19.2 Å². The van der Waals surface area contributed by atoms with Crippen LogP contribution in [0.5, 0.6) is 0 Å². The van der Waals surface area contributed by atoms with Gasteiger partial charge in [-0.25, -0.2) is 13.4 Å². The van der Waals surface area contributed by atoms with Gasteiger partial charge in [0.2, 0.25) is 10.0 Å². The summed E-state index contributed by atoms with van der Waals surface area (Å²) in [5.74, 6) is 0.711. The first kappa shape index (κ1) is 22.1. The average Bonchev–Trinajstić information content (AvgIpc) is 3.45. The van der Waals surface area contributed by atoms with Crippen LogP contribution in [0.1, 0.15) is 16.1 Å². The normalized spacial score (nSPS) is 16.5. The molecule has 3 heterocycles. The molecule has 5 rings (SSSR count). The number of carbonyl (C=O) groups excluding carboxylic acids is 1. The summed E-state index contributed by atoms with van der Waals surface area (Å²) >= 11 is 1.71. The van der Waals surface area contributed by atoms with Crippen molar-refractivity contribution in [2.75, 3.05) is 32.1 Å². The molecular weight excluding hydrogens is 460 g/mol. The van der Waals surface area contributed by atoms with E-state index in [9.17, 15) is 13.2 Å². The van der Waals surface area contributed by atoms with Crippen molar-refractivity contribution in [2.24, 2.45) is 0 Å². The number of rotatable bonds is 6. The summed E-state index contributed by atoms with van der Waals surface area (Å²) in [5, 5.41) is 3.95. The van der Waals surface area contributed by atoms with E-state index in [-0.39, 0.29) is 10.8 Å². The van der Waals surface area contributed by atoms with E-state index in [0.29, 0.717) is 38.4 Å². The Labute approximate surface area is 197 Å². The fourth-order valence-corrected chi connectivity index (χ4v) is 6.40. The summed E-state index contributed by atoms with van der Waals surface area (Å²) in [6.07, 6.45) is 0. The summed E-state index contributed by atoms with van der Waals surface area (Å²) in [6, 6.07) is 16.0. The van der Waals surface area contributed by atoms with Crippen molar-refractivity contribution < 1.29 is 17.9 Å². The number of ether oxygens (including phenoxy) is 1. The minimum Gasteiger partial charge on any atom is -0.379 e. The number of nitrogens with zero attached hydrogens (tertiary/aromatic N) is 3. The number of amides is 1. The maximum absolute atomic E-state index is 12.8. The minimum absolute atomic E-state index is 0.179. The van der Waals surface area contributed by atoms with E-state index in [1.54, 1.807) is 23.9 Å².